The highest BCUT2D eigenvalue weighted by Crippen LogP contribution is 2.13. The lowest BCUT2D eigenvalue weighted by Gasteiger charge is -2.21. The maximum absolute atomic E-state index is 12.6. The molecule has 0 fully saturated rings. The number of benzene rings is 1. The first kappa shape index (κ1) is 19.6. The highest BCUT2D eigenvalue weighted by molar-refractivity contribution is 5.96. The van der Waals surface area contributed by atoms with Crippen LogP contribution in [0, 0.1) is 0 Å². The van der Waals surface area contributed by atoms with Gasteiger partial charge in [0.15, 0.2) is 0 Å². The van der Waals surface area contributed by atoms with Gasteiger partial charge in [0, 0.05) is 36.7 Å². The van der Waals surface area contributed by atoms with E-state index in [1.807, 2.05) is 39.9 Å². The highest BCUT2D eigenvalue weighted by Gasteiger charge is 2.14. The van der Waals surface area contributed by atoms with Gasteiger partial charge in [-0.05, 0) is 49.2 Å². The summed E-state index contributed by atoms with van der Waals surface area (Å²) in [5.41, 5.74) is 2.84. The first-order valence-electron chi connectivity index (χ1n) is 9.72. The monoisotopic (exact) mass is 378 g/mol. The minimum atomic E-state index is -0.138. The van der Waals surface area contributed by atoms with E-state index in [1.54, 1.807) is 24.3 Å². The van der Waals surface area contributed by atoms with Crippen molar-refractivity contribution in [2.24, 2.45) is 0 Å². The van der Waals surface area contributed by atoms with E-state index in [0.717, 1.165) is 31.6 Å². The summed E-state index contributed by atoms with van der Waals surface area (Å²) in [6, 6.07) is 12.8. The van der Waals surface area contributed by atoms with Gasteiger partial charge in [-0.2, -0.15) is 0 Å². The number of imidazole rings is 1. The first-order chi connectivity index (χ1) is 13.6. The van der Waals surface area contributed by atoms with Gasteiger partial charge < -0.3 is 14.6 Å². The third-order valence-electron chi connectivity index (χ3n) is 4.45. The van der Waals surface area contributed by atoms with Crippen LogP contribution in [0.25, 0.3) is 5.65 Å². The van der Waals surface area contributed by atoms with Crippen LogP contribution in [-0.4, -0.2) is 39.2 Å². The van der Waals surface area contributed by atoms with Crippen LogP contribution in [0.15, 0.2) is 54.9 Å². The van der Waals surface area contributed by atoms with Crippen molar-refractivity contribution in [1.29, 1.82) is 0 Å². The molecule has 0 atom stereocenters. The van der Waals surface area contributed by atoms with Gasteiger partial charge in [-0.1, -0.05) is 19.9 Å². The van der Waals surface area contributed by atoms with E-state index in [2.05, 4.69) is 24.1 Å². The summed E-state index contributed by atoms with van der Waals surface area (Å²) < 4.78 is 1.89. The number of fused-ring (bicyclic) bond motifs is 1. The van der Waals surface area contributed by atoms with Crippen LogP contribution in [0.1, 0.15) is 42.7 Å². The van der Waals surface area contributed by atoms with Gasteiger partial charge >= 0.3 is 0 Å². The summed E-state index contributed by atoms with van der Waals surface area (Å²) in [6.45, 7) is 5.64. The summed E-state index contributed by atoms with van der Waals surface area (Å²) in [5, 5.41) is 2.87. The molecule has 0 unspecified atom stereocenters. The molecule has 2 aromatic heterocycles. The van der Waals surface area contributed by atoms with Crippen LogP contribution < -0.4 is 5.32 Å². The van der Waals surface area contributed by atoms with Gasteiger partial charge in [-0.25, -0.2) is 4.98 Å². The van der Waals surface area contributed by atoms with E-state index >= 15 is 0 Å². The van der Waals surface area contributed by atoms with E-state index in [4.69, 9.17) is 0 Å². The number of pyridine rings is 1. The molecule has 0 aliphatic heterocycles. The average Bonchev–Trinajstić information content (AvgIpc) is 3.10. The maximum atomic E-state index is 12.6. The lowest BCUT2D eigenvalue weighted by Crippen LogP contribution is -2.32. The van der Waals surface area contributed by atoms with E-state index in [0.29, 0.717) is 16.9 Å². The third kappa shape index (κ3) is 4.76. The van der Waals surface area contributed by atoms with Crippen molar-refractivity contribution < 1.29 is 9.59 Å². The molecule has 0 radical (unpaired) electrons. The molecule has 2 amide bonds. The van der Waals surface area contributed by atoms with E-state index in [9.17, 15) is 9.59 Å². The van der Waals surface area contributed by atoms with E-state index < -0.39 is 0 Å². The summed E-state index contributed by atoms with van der Waals surface area (Å²) in [6.07, 6.45) is 5.82. The second-order valence-electron chi connectivity index (χ2n) is 6.79. The molecule has 3 rings (SSSR count). The molecule has 3 aromatic rings. The molecule has 1 aromatic carbocycles. The molecule has 0 bridgehead atoms. The lowest BCUT2D eigenvalue weighted by molar-refractivity contribution is -0.115. The number of amides is 2. The Kier molecular flexibility index (Phi) is 6.42. The Balaban J connectivity index is 1.61. The first-order valence-corrected chi connectivity index (χ1v) is 9.72. The minimum Gasteiger partial charge on any atom is -0.339 e. The number of nitrogens with one attached hydrogen (secondary N) is 1. The topological polar surface area (TPSA) is 66.7 Å². The zero-order chi connectivity index (χ0) is 19.9. The molecule has 146 valence electrons. The largest absolute Gasteiger partial charge is 0.339 e. The van der Waals surface area contributed by atoms with Crippen LogP contribution in [0.5, 0.6) is 0 Å². The Bertz CT molecular complexity index is 908. The number of aromatic nitrogens is 2. The molecule has 0 aliphatic rings. The average molecular weight is 378 g/mol. The van der Waals surface area contributed by atoms with Crippen molar-refractivity contribution in [3.05, 3.63) is 66.1 Å². The van der Waals surface area contributed by atoms with Crippen LogP contribution in [0.2, 0.25) is 0 Å². The summed E-state index contributed by atoms with van der Waals surface area (Å²) >= 11 is 0. The standard InChI is InChI=1S/C22H26N4O2/c1-3-12-25(13-4-2)22(28)17-8-10-18(11-9-17)24-21(27)15-19-16-26-14-6-5-7-20(26)23-19/h5-11,14,16H,3-4,12-13,15H2,1-2H3,(H,24,27). The number of carbonyl (C=O) groups is 2. The fourth-order valence-corrected chi connectivity index (χ4v) is 3.18. The predicted molar refractivity (Wildman–Crippen MR) is 110 cm³/mol. The van der Waals surface area contributed by atoms with Crippen molar-refractivity contribution in [2.45, 2.75) is 33.1 Å². The van der Waals surface area contributed by atoms with E-state index in [1.165, 1.54) is 0 Å². The van der Waals surface area contributed by atoms with Crippen LogP contribution in [0.4, 0.5) is 5.69 Å². The summed E-state index contributed by atoms with van der Waals surface area (Å²) in [7, 11) is 0. The van der Waals surface area contributed by atoms with Gasteiger partial charge in [0.1, 0.15) is 5.65 Å². The molecule has 6 heteroatoms. The van der Waals surface area contributed by atoms with Gasteiger partial charge in [0.2, 0.25) is 5.91 Å². The molecule has 0 saturated carbocycles. The number of anilines is 1. The molecular formula is C22H26N4O2. The molecule has 1 N–H and O–H groups in total. The van der Waals surface area contributed by atoms with Crippen molar-refractivity contribution >= 4 is 23.1 Å². The Morgan fingerprint density at radius 2 is 1.75 bits per heavy atom. The number of rotatable bonds is 8. The van der Waals surface area contributed by atoms with Crippen molar-refractivity contribution in [3.63, 3.8) is 0 Å². The molecule has 0 spiro atoms. The van der Waals surface area contributed by atoms with Gasteiger partial charge in [0.05, 0.1) is 12.1 Å². The van der Waals surface area contributed by atoms with Crippen LogP contribution in [-0.2, 0) is 11.2 Å². The predicted octanol–water partition coefficient (Wildman–Crippen LogP) is 3.78. The fourth-order valence-electron chi connectivity index (χ4n) is 3.18. The van der Waals surface area contributed by atoms with Crippen molar-refractivity contribution in [2.75, 3.05) is 18.4 Å². The summed E-state index contributed by atoms with van der Waals surface area (Å²) in [4.78, 5) is 31.2. The second-order valence-corrected chi connectivity index (χ2v) is 6.79. The number of hydrogen-bond acceptors (Lipinski definition) is 3. The Hall–Kier alpha value is -3.15. The molecule has 0 aliphatic carbocycles. The Morgan fingerprint density at radius 3 is 2.39 bits per heavy atom. The van der Waals surface area contributed by atoms with Crippen molar-refractivity contribution in [3.8, 4) is 0 Å². The number of hydrogen-bond donors (Lipinski definition) is 1. The highest BCUT2D eigenvalue weighted by atomic mass is 16.2. The molecular weight excluding hydrogens is 352 g/mol. The Labute approximate surface area is 165 Å². The second kappa shape index (κ2) is 9.17. The normalized spacial score (nSPS) is 10.8. The maximum Gasteiger partial charge on any atom is 0.253 e. The van der Waals surface area contributed by atoms with Gasteiger partial charge in [0.25, 0.3) is 5.91 Å². The fraction of sp³-hybridized carbons (Fsp3) is 0.318. The van der Waals surface area contributed by atoms with Crippen LogP contribution in [0.3, 0.4) is 0 Å². The zero-order valence-corrected chi connectivity index (χ0v) is 16.4. The molecule has 0 saturated heterocycles. The quantitative estimate of drug-likeness (QED) is 0.649. The summed E-state index contributed by atoms with van der Waals surface area (Å²) in [5.74, 6) is -0.104. The van der Waals surface area contributed by atoms with E-state index in [-0.39, 0.29) is 18.2 Å². The lowest BCUT2D eigenvalue weighted by atomic mass is 10.1. The Morgan fingerprint density at radius 1 is 1.04 bits per heavy atom. The molecule has 28 heavy (non-hydrogen) atoms. The smallest absolute Gasteiger partial charge is 0.253 e. The van der Waals surface area contributed by atoms with Crippen LogP contribution >= 0.6 is 0 Å². The van der Waals surface area contributed by atoms with Crippen molar-refractivity contribution in [1.82, 2.24) is 14.3 Å². The third-order valence-corrected chi connectivity index (χ3v) is 4.45. The van der Waals surface area contributed by atoms with Gasteiger partial charge in [-0.15, -0.1) is 0 Å². The minimum absolute atomic E-state index is 0.0336. The molecule has 2 heterocycles. The number of carbonyl (C=O) groups excluding carboxylic acids is 2. The number of nitrogens with zero attached hydrogens (tertiary/aromatic N) is 3. The SMILES string of the molecule is CCCN(CCC)C(=O)c1ccc(NC(=O)Cc2cn3ccccc3n2)cc1. The molecule has 6 nitrogen and oxygen atoms in total. The zero-order valence-electron chi connectivity index (χ0n) is 16.4. The van der Waals surface area contributed by atoms with Gasteiger partial charge in [-0.3, -0.25) is 9.59 Å².